The van der Waals surface area contributed by atoms with Crippen LogP contribution in [0.4, 0.5) is 10.5 Å². The molecule has 0 aliphatic rings. The molecule has 0 fully saturated rings. The molecule has 0 unspecified atom stereocenters. The highest BCUT2D eigenvalue weighted by molar-refractivity contribution is 6.07. The molecule has 2 heterocycles. The standard InChI is InChI=1S/C20H17N3O7/c24-17(23-20(27)21-11-13-5-3-9-28-13)12-30-19(26)14-6-1-2-7-15(14)22-18(25)16-8-4-10-29-16/h1-10H,11-12H2,(H,22,25)(H2,21,23,24,27). The SMILES string of the molecule is O=C(COC(=O)c1ccccc1NC(=O)c1ccco1)NC(=O)NCc1ccco1. The van der Waals surface area contributed by atoms with Crippen LogP contribution >= 0.6 is 0 Å². The molecule has 10 heteroatoms. The zero-order valence-electron chi connectivity index (χ0n) is 15.5. The Hall–Kier alpha value is -4.34. The van der Waals surface area contributed by atoms with Crippen LogP contribution in [0, 0.1) is 0 Å². The molecular weight excluding hydrogens is 394 g/mol. The number of hydrogen-bond donors (Lipinski definition) is 3. The van der Waals surface area contributed by atoms with Gasteiger partial charge in [-0.05, 0) is 36.4 Å². The van der Waals surface area contributed by atoms with Crippen molar-refractivity contribution in [3.8, 4) is 0 Å². The van der Waals surface area contributed by atoms with Crippen LogP contribution in [0.2, 0.25) is 0 Å². The summed E-state index contributed by atoms with van der Waals surface area (Å²) in [6.45, 7) is -0.595. The van der Waals surface area contributed by atoms with Crippen LogP contribution in [0.15, 0.2) is 69.9 Å². The van der Waals surface area contributed by atoms with E-state index in [0.29, 0.717) is 5.76 Å². The number of carbonyl (C=O) groups is 4. The van der Waals surface area contributed by atoms with Crippen molar-refractivity contribution in [3.05, 3.63) is 78.1 Å². The highest BCUT2D eigenvalue weighted by atomic mass is 16.5. The molecule has 0 saturated carbocycles. The van der Waals surface area contributed by atoms with E-state index >= 15 is 0 Å². The average Bonchev–Trinajstić information content (AvgIpc) is 3.45. The minimum absolute atomic E-state index is 0.0347. The maximum Gasteiger partial charge on any atom is 0.340 e. The number of anilines is 1. The molecule has 30 heavy (non-hydrogen) atoms. The van der Waals surface area contributed by atoms with Gasteiger partial charge >= 0.3 is 12.0 Å². The number of furan rings is 2. The fourth-order valence-corrected chi connectivity index (χ4v) is 2.36. The van der Waals surface area contributed by atoms with Crippen LogP contribution < -0.4 is 16.0 Å². The molecule has 0 aliphatic heterocycles. The number of hydrogen-bond acceptors (Lipinski definition) is 7. The quantitative estimate of drug-likeness (QED) is 0.507. The molecule has 154 valence electrons. The van der Waals surface area contributed by atoms with Gasteiger partial charge in [0.15, 0.2) is 12.4 Å². The van der Waals surface area contributed by atoms with Crippen molar-refractivity contribution >= 4 is 29.5 Å². The zero-order chi connectivity index (χ0) is 21.3. The van der Waals surface area contributed by atoms with Crippen molar-refractivity contribution < 1.29 is 32.7 Å². The van der Waals surface area contributed by atoms with E-state index in [1.54, 1.807) is 30.3 Å². The lowest BCUT2D eigenvalue weighted by atomic mass is 10.1. The topological polar surface area (TPSA) is 140 Å². The first-order valence-corrected chi connectivity index (χ1v) is 8.74. The maximum absolute atomic E-state index is 12.3. The fourth-order valence-electron chi connectivity index (χ4n) is 2.36. The van der Waals surface area contributed by atoms with Crippen molar-refractivity contribution in [2.24, 2.45) is 0 Å². The van der Waals surface area contributed by atoms with E-state index in [9.17, 15) is 19.2 Å². The van der Waals surface area contributed by atoms with Crippen LogP contribution in [0.3, 0.4) is 0 Å². The lowest BCUT2D eigenvalue weighted by molar-refractivity contribution is -0.123. The van der Waals surface area contributed by atoms with E-state index < -0.39 is 30.4 Å². The molecule has 3 rings (SSSR count). The zero-order valence-corrected chi connectivity index (χ0v) is 15.5. The average molecular weight is 411 g/mol. The van der Waals surface area contributed by atoms with Gasteiger partial charge in [0, 0.05) is 0 Å². The summed E-state index contributed by atoms with van der Waals surface area (Å²) in [5.74, 6) is -1.64. The van der Waals surface area contributed by atoms with Gasteiger partial charge in [0.25, 0.3) is 11.8 Å². The molecule has 0 radical (unpaired) electrons. The lowest BCUT2D eigenvalue weighted by Gasteiger charge is -2.10. The highest BCUT2D eigenvalue weighted by Gasteiger charge is 2.18. The third-order valence-corrected chi connectivity index (χ3v) is 3.73. The Morgan fingerprint density at radius 3 is 2.40 bits per heavy atom. The molecule has 3 N–H and O–H groups in total. The van der Waals surface area contributed by atoms with Crippen molar-refractivity contribution in [1.29, 1.82) is 0 Å². The Morgan fingerprint density at radius 1 is 0.900 bits per heavy atom. The number of benzene rings is 1. The number of esters is 1. The number of amides is 4. The molecule has 3 aromatic rings. The van der Waals surface area contributed by atoms with Crippen LogP contribution in [-0.4, -0.2) is 30.4 Å². The van der Waals surface area contributed by atoms with E-state index in [2.05, 4.69) is 10.6 Å². The minimum Gasteiger partial charge on any atom is -0.467 e. The lowest BCUT2D eigenvalue weighted by Crippen LogP contribution is -2.41. The highest BCUT2D eigenvalue weighted by Crippen LogP contribution is 2.17. The number of rotatable bonds is 7. The van der Waals surface area contributed by atoms with Crippen molar-refractivity contribution in [2.75, 3.05) is 11.9 Å². The summed E-state index contributed by atoms with van der Waals surface area (Å²) in [5.41, 5.74) is 0.216. The number of carbonyl (C=O) groups excluding carboxylic acids is 4. The molecule has 0 bridgehead atoms. The number of urea groups is 1. The normalized spacial score (nSPS) is 10.1. The Bertz CT molecular complexity index is 1030. The van der Waals surface area contributed by atoms with E-state index in [0.717, 1.165) is 0 Å². The molecule has 0 saturated heterocycles. The summed E-state index contributed by atoms with van der Waals surface area (Å²) in [5, 5.41) is 6.98. The Kier molecular flexibility index (Phi) is 6.62. The monoisotopic (exact) mass is 411 g/mol. The Labute approximate surface area is 170 Å². The maximum atomic E-state index is 12.3. The Balaban J connectivity index is 1.50. The third-order valence-electron chi connectivity index (χ3n) is 3.73. The van der Waals surface area contributed by atoms with Crippen LogP contribution in [0.5, 0.6) is 0 Å². The van der Waals surface area contributed by atoms with Crippen LogP contribution in [-0.2, 0) is 16.1 Å². The summed E-state index contributed by atoms with van der Waals surface area (Å²) in [4.78, 5) is 47.9. The summed E-state index contributed by atoms with van der Waals surface area (Å²) in [6, 6.07) is 11.7. The molecule has 0 spiro atoms. The minimum atomic E-state index is -0.850. The molecule has 1 aromatic carbocycles. The molecule has 4 amide bonds. The second kappa shape index (κ2) is 9.73. The van der Waals surface area contributed by atoms with Crippen LogP contribution in [0.25, 0.3) is 0 Å². The van der Waals surface area contributed by atoms with E-state index in [-0.39, 0.29) is 23.6 Å². The van der Waals surface area contributed by atoms with Gasteiger partial charge in [0.2, 0.25) is 0 Å². The second-order valence-corrected chi connectivity index (χ2v) is 5.86. The van der Waals surface area contributed by atoms with E-state index in [1.807, 2.05) is 5.32 Å². The predicted molar refractivity (Wildman–Crippen MR) is 102 cm³/mol. The molecule has 0 atom stereocenters. The van der Waals surface area contributed by atoms with Gasteiger partial charge < -0.3 is 24.2 Å². The van der Waals surface area contributed by atoms with Gasteiger partial charge in [-0.3, -0.25) is 14.9 Å². The molecule has 10 nitrogen and oxygen atoms in total. The molecular formula is C20H17N3O7. The second-order valence-electron chi connectivity index (χ2n) is 5.86. The molecule has 2 aromatic heterocycles. The first-order valence-electron chi connectivity index (χ1n) is 8.74. The van der Waals surface area contributed by atoms with Gasteiger partial charge in [0.05, 0.1) is 30.3 Å². The number of imide groups is 1. The van der Waals surface area contributed by atoms with Gasteiger partial charge in [-0.1, -0.05) is 12.1 Å². The summed E-state index contributed by atoms with van der Waals surface area (Å²) in [6.07, 6.45) is 2.80. The van der Waals surface area contributed by atoms with Gasteiger partial charge in [-0.15, -0.1) is 0 Å². The van der Waals surface area contributed by atoms with Gasteiger partial charge in [-0.2, -0.15) is 0 Å². The fraction of sp³-hybridized carbons (Fsp3) is 0.100. The summed E-state index contributed by atoms with van der Waals surface area (Å²) in [7, 11) is 0. The largest absolute Gasteiger partial charge is 0.467 e. The van der Waals surface area contributed by atoms with E-state index in [1.165, 1.54) is 30.7 Å². The van der Waals surface area contributed by atoms with Gasteiger partial charge in [0.1, 0.15) is 5.76 Å². The number of para-hydroxylation sites is 1. The number of ether oxygens (including phenoxy) is 1. The van der Waals surface area contributed by atoms with Crippen LogP contribution in [0.1, 0.15) is 26.7 Å². The van der Waals surface area contributed by atoms with Gasteiger partial charge in [-0.25, -0.2) is 9.59 Å². The first kappa shape index (κ1) is 20.4. The first-order chi connectivity index (χ1) is 14.5. The third kappa shape index (κ3) is 5.58. The predicted octanol–water partition coefficient (Wildman–Crippen LogP) is 2.31. The van der Waals surface area contributed by atoms with Crippen molar-refractivity contribution in [1.82, 2.24) is 10.6 Å². The van der Waals surface area contributed by atoms with Crippen molar-refractivity contribution in [3.63, 3.8) is 0 Å². The van der Waals surface area contributed by atoms with E-state index in [4.69, 9.17) is 13.6 Å². The smallest absolute Gasteiger partial charge is 0.340 e. The number of nitrogens with one attached hydrogen (secondary N) is 3. The Morgan fingerprint density at radius 2 is 1.67 bits per heavy atom. The van der Waals surface area contributed by atoms with Crippen molar-refractivity contribution in [2.45, 2.75) is 6.54 Å². The molecule has 0 aliphatic carbocycles. The summed E-state index contributed by atoms with van der Waals surface area (Å²) < 4.78 is 15.0. The summed E-state index contributed by atoms with van der Waals surface area (Å²) >= 11 is 0.